The molecule has 12 heteroatoms. The fraction of sp³-hybridized carbons (Fsp3) is 0.276. The number of alkyl halides is 2. The fourth-order valence-electron chi connectivity index (χ4n) is 4.86. The highest BCUT2D eigenvalue weighted by molar-refractivity contribution is 5.99. The highest BCUT2D eigenvalue weighted by Crippen LogP contribution is 2.37. The number of nitrogen functional groups attached to an aromatic ring is 1. The fourth-order valence-corrected chi connectivity index (χ4v) is 4.86. The zero-order chi connectivity index (χ0) is 29.3. The third-order valence-electron chi connectivity index (χ3n) is 6.61. The number of anilines is 1. The van der Waals surface area contributed by atoms with E-state index in [1.807, 2.05) is 12.1 Å². The molecule has 1 fully saturated rings. The predicted octanol–water partition coefficient (Wildman–Crippen LogP) is 5.35. The van der Waals surface area contributed by atoms with Crippen LogP contribution in [-0.2, 0) is 11.3 Å². The standard InChI is InChI=1S/C29H26F3N7O2/c1-17(2)10-18(13-33)28(40)38-15-29(31,32)12-19(38)14-39-27-24(26(34)35-16-36-27)25(37-39)22-9-8-21(11-23(22)30)41-20-6-4-3-5-7-20/h3-11,16-17,19H,12,14-15H2,1-2H3,(H2,34,35,36)/t19-/m0/s1. The van der Waals surface area contributed by atoms with Gasteiger partial charge in [0.15, 0.2) is 5.65 Å². The van der Waals surface area contributed by atoms with Crippen molar-refractivity contribution in [2.45, 2.75) is 38.8 Å². The molecule has 1 aliphatic heterocycles. The molecule has 1 aliphatic rings. The van der Waals surface area contributed by atoms with Crippen LogP contribution in [0.2, 0.25) is 0 Å². The maximum atomic E-state index is 15.4. The number of ether oxygens (including phenoxy) is 1. The summed E-state index contributed by atoms with van der Waals surface area (Å²) < 4.78 is 51.6. The van der Waals surface area contributed by atoms with E-state index in [2.05, 4.69) is 15.1 Å². The van der Waals surface area contributed by atoms with E-state index in [0.717, 1.165) is 4.90 Å². The number of rotatable bonds is 7. The van der Waals surface area contributed by atoms with Gasteiger partial charge in [0.25, 0.3) is 11.8 Å². The number of hydrogen-bond acceptors (Lipinski definition) is 7. The average Bonchev–Trinajstić information content (AvgIpc) is 3.44. The van der Waals surface area contributed by atoms with Gasteiger partial charge in [-0.3, -0.25) is 4.79 Å². The van der Waals surface area contributed by atoms with E-state index in [9.17, 15) is 18.8 Å². The quantitative estimate of drug-likeness (QED) is 0.238. The number of fused-ring (bicyclic) bond motifs is 1. The van der Waals surface area contributed by atoms with Gasteiger partial charge in [0.1, 0.15) is 46.8 Å². The van der Waals surface area contributed by atoms with Crippen molar-refractivity contribution in [3.8, 4) is 28.8 Å². The SMILES string of the molecule is CC(C)C=C(C#N)C(=O)N1CC(F)(F)C[C@H]1Cn1nc(-c2ccc(Oc3ccccc3)cc2F)c2c(N)ncnc21. The molecule has 0 bridgehead atoms. The molecule has 3 heterocycles. The van der Waals surface area contributed by atoms with Crippen molar-refractivity contribution in [2.24, 2.45) is 5.92 Å². The highest BCUT2D eigenvalue weighted by atomic mass is 19.3. The molecule has 210 valence electrons. The highest BCUT2D eigenvalue weighted by Gasteiger charge is 2.48. The van der Waals surface area contributed by atoms with Gasteiger partial charge in [-0.2, -0.15) is 10.4 Å². The maximum absolute atomic E-state index is 15.4. The van der Waals surface area contributed by atoms with Gasteiger partial charge in [0.2, 0.25) is 0 Å². The predicted molar refractivity (Wildman–Crippen MR) is 145 cm³/mol. The Hall–Kier alpha value is -4.92. The lowest BCUT2D eigenvalue weighted by Gasteiger charge is -2.24. The van der Waals surface area contributed by atoms with E-state index >= 15 is 4.39 Å². The number of carbonyl (C=O) groups excluding carboxylic acids is 1. The summed E-state index contributed by atoms with van der Waals surface area (Å²) in [5.74, 6) is -3.93. The summed E-state index contributed by atoms with van der Waals surface area (Å²) in [6.45, 7) is 2.53. The van der Waals surface area contributed by atoms with Crippen LogP contribution in [0.3, 0.4) is 0 Å². The summed E-state index contributed by atoms with van der Waals surface area (Å²) in [4.78, 5) is 22.4. The van der Waals surface area contributed by atoms with Crippen molar-refractivity contribution < 1.29 is 22.7 Å². The lowest BCUT2D eigenvalue weighted by Crippen LogP contribution is -2.39. The van der Waals surface area contributed by atoms with Gasteiger partial charge in [-0.15, -0.1) is 0 Å². The second-order valence-corrected chi connectivity index (χ2v) is 10.1. The largest absolute Gasteiger partial charge is 0.457 e. The molecule has 2 N–H and O–H groups in total. The number of para-hydroxylation sites is 1. The molecule has 5 rings (SSSR count). The summed E-state index contributed by atoms with van der Waals surface area (Å²) >= 11 is 0. The summed E-state index contributed by atoms with van der Waals surface area (Å²) in [5, 5.41) is 14.2. The van der Waals surface area contributed by atoms with E-state index in [-0.39, 0.29) is 51.9 Å². The third kappa shape index (κ3) is 5.70. The number of likely N-dealkylation sites (tertiary alicyclic amines) is 1. The van der Waals surface area contributed by atoms with Crippen LogP contribution >= 0.6 is 0 Å². The average molecular weight is 562 g/mol. The molecule has 1 saturated heterocycles. The Morgan fingerprint density at radius 2 is 1.98 bits per heavy atom. The first kappa shape index (κ1) is 27.6. The van der Waals surface area contributed by atoms with Gasteiger partial charge < -0.3 is 15.4 Å². The van der Waals surface area contributed by atoms with Crippen molar-refractivity contribution in [1.29, 1.82) is 5.26 Å². The Bertz CT molecular complexity index is 1680. The normalized spacial score (nSPS) is 16.8. The second-order valence-electron chi connectivity index (χ2n) is 10.1. The molecule has 0 aliphatic carbocycles. The third-order valence-corrected chi connectivity index (χ3v) is 6.61. The van der Waals surface area contributed by atoms with E-state index in [1.165, 1.54) is 29.2 Å². The Morgan fingerprint density at radius 1 is 1.22 bits per heavy atom. The first-order chi connectivity index (χ1) is 19.6. The van der Waals surface area contributed by atoms with Gasteiger partial charge in [-0.1, -0.05) is 38.1 Å². The van der Waals surface area contributed by atoms with Crippen LogP contribution in [0.4, 0.5) is 19.0 Å². The van der Waals surface area contributed by atoms with Crippen LogP contribution in [0.25, 0.3) is 22.3 Å². The zero-order valence-corrected chi connectivity index (χ0v) is 22.3. The number of carbonyl (C=O) groups is 1. The number of amides is 1. The van der Waals surface area contributed by atoms with Crippen LogP contribution in [0.15, 0.2) is 66.5 Å². The van der Waals surface area contributed by atoms with Gasteiger partial charge in [-0.25, -0.2) is 27.8 Å². The minimum atomic E-state index is -3.17. The Morgan fingerprint density at radius 3 is 2.66 bits per heavy atom. The molecule has 0 unspecified atom stereocenters. The van der Waals surface area contributed by atoms with Gasteiger partial charge in [0, 0.05) is 18.1 Å². The second kappa shape index (κ2) is 10.9. The molecular weight excluding hydrogens is 535 g/mol. The minimum absolute atomic E-state index is 0.0246. The molecule has 0 spiro atoms. The number of hydrogen-bond donors (Lipinski definition) is 1. The Labute approximate surface area is 233 Å². The number of nitriles is 1. The van der Waals surface area contributed by atoms with E-state index in [1.54, 1.807) is 44.2 Å². The molecule has 2 aromatic heterocycles. The summed E-state index contributed by atoms with van der Waals surface area (Å²) in [6, 6.07) is 13.9. The number of benzene rings is 2. The van der Waals surface area contributed by atoms with Crippen LogP contribution < -0.4 is 10.5 Å². The molecule has 2 aromatic carbocycles. The smallest absolute Gasteiger partial charge is 0.267 e. The molecule has 1 amide bonds. The molecule has 1 atom stereocenters. The Balaban J connectivity index is 1.51. The molecule has 41 heavy (non-hydrogen) atoms. The van der Waals surface area contributed by atoms with Gasteiger partial charge in [-0.05, 0) is 30.2 Å². The van der Waals surface area contributed by atoms with Crippen molar-refractivity contribution >= 4 is 22.8 Å². The number of aromatic nitrogens is 4. The molecule has 0 radical (unpaired) electrons. The van der Waals surface area contributed by atoms with Crippen molar-refractivity contribution in [1.82, 2.24) is 24.6 Å². The zero-order valence-electron chi connectivity index (χ0n) is 22.3. The summed E-state index contributed by atoms with van der Waals surface area (Å²) in [7, 11) is 0. The van der Waals surface area contributed by atoms with Crippen LogP contribution in [0.1, 0.15) is 20.3 Å². The summed E-state index contributed by atoms with van der Waals surface area (Å²) in [6.07, 6.45) is 1.99. The molecule has 0 saturated carbocycles. The van der Waals surface area contributed by atoms with Crippen LogP contribution in [-0.4, -0.2) is 49.1 Å². The van der Waals surface area contributed by atoms with Crippen molar-refractivity contribution in [3.05, 3.63) is 72.3 Å². The number of nitrogens with two attached hydrogens (primary N) is 1. The van der Waals surface area contributed by atoms with E-state index in [4.69, 9.17) is 10.5 Å². The molecule has 4 aromatic rings. The first-order valence-corrected chi connectivity index (χ1v) is 12.9. The van der Waals surface area contributed by atoms with Crippen LogP contribution in [0, 0.1) is 23.1 Å². The van der Waals surface area contributed by atoms with Gasteiger partial charge in [0.05, 0.1) is 24.5 Å². The monoisotopic (exact) mass is 561 g/mol. The topological polar surface area (TPSA) is 123 Å². The van der Waals surface area contributed by atoms with Crippen molar-refractivity contribution in [3.63, 3.8) is 0 Å². The lowest BCUT2D eigenvalue weighted by atomic mass is 10.1. The van der Waals surface area contributed by atoms with Crippen molar-refractivity contribution in [2.75, 3.05) is 12.3 Å². The van der Waals surface area contributed by atoms with Crippen LogP contribution in [0.5, 0.6) is 11.5 Å². The number of halogens is 3. The molecular formula is C29H26F3N7O2. The maximum Gasteiger partial charge on any atom is 0.267 e. The van der Waals surface area contributed by atoms with Gasteiger partial charge >= 0.3 is 0 Å². The number of nitrogens with zero attached hydrogens (tertiary/aromatic N) is 6. The molecule has 9 nitrogen and oxygen atoms in total. The first-order valence-electron chi connectivity index (χ1n) is 12.9. The Kier molecular flexibility index (Phi) is 7.36. The lowest BCUT2D eigenvalue weighted by molar-refractivity contribution is -0.129. The minimum Gasteiger partial charge on any atom is -0.457 e. The van der Waals surface area contributed by atoms with E-state index < -0.39 is 36.7 Å². The summed E-state index contributed by atoms with van der Waals surface area (Å²) in [5.41, 5.74) is 6.31. The number of allylic oxidation sites excluding steroid dienone is 1. The van der Waals surface area contributed by atoms with E-state index in [0.29, 0.717) is 5.75 Å².